The van der Waals surface area contributed by atoms with Crippen molar-refractivity contribution in [2.24, 2.45) is 0 Å². The van der Waals surface area contributed by atoms with Gasteiger partial charge in [-0.2, -0.15) is 0 Å². The second kappa shape index (κ2) is 7.32. The Morgan fingerprint density at radius 2 is 1.80 bits per heavy atom. The van der Waals surface area contributed by atoms with Crippen molar-refractivity contribution in [1.82, 2.24) is 0 Å². The SMILES string of the molecule is COC(=O)c1c(-c2ccccc2)csc1NC(=O)c1cccc(C)c1. The number of hydrogen-bond donors (Lipinski definition) is 1. The molecule has 1 heterocycles. The Labute approximate surface area is 150 Å². The summed E-state index contributed by atoms with van der Waals surface area (Å²) in [7, 11) is 1.33. The quantitative estimate of drug-likeness (QED) is 0.689. The molecule has 126 valence electrons. The molecule has 0 radical (unpaired) electrons. The number of anilines is 1. The molecule has 0 unspecified atom stereocenters. The number of amides is 1. The zero-order valence-corrected chi connectivity index (χ0v) is 14.7. The zero-order chi connectivity index (χ0) is 17.8. The van der Waals surface area contributed by atoms with Crippen molar-refractivity contribution in [1.29, 1.82) is 0 Å². The van der Waals surface area contributed by atoms with Crippen LogP contribution in [0.4, 0.5) is 5.00 Å². The van der Waals surface area contributed by atoms with Gasteiger partial charge in [0.25, 0.3) is 5.91 Å². The van der Waals surface area contributed by atoms with Gasteiger partial charge in [-0.15, -0.1) is 11.3 Å². The summed E-state index contributed by atoms with van der Waals surface area (Å²) in [6, 6.07) is 16.9. The van der Waals surface area contributed by atoms with Gasteiger partial charge < -0.3 is 10.1 Å². The second-order valence-corrected chi connectivity index (χ2v) is 6.41. The van der Waals surface area contributed by atoms with Crippen molar-refractivity contribution in [2.75, 3.05) is 12.4 Å². The number of aryl methyl sites for hydroxylation is 1. The van der Waals surface area contributed by atoms with Gasteiger partial charge in [-0.05, 0) is 24.6 Å². The fourth-order valence-corrected chi connectivity index (χ4v) is 3.50. The largest absolute Gasteiger partial charge is 0.465 e. The highest BCUT2D eigenvalue weighted by atomic mass is 32.1. The average Bonchev–Trinajstić information content (AvgIpc) is 3.05. The Morgan fingerprint density at radius 3 is 2.48 bits per heavy atom. The van der Waals surface area contributed by atoms with Crippen LogP contribution >= 0.6 is 11.3 Å². The molecule has 25 heavy (non-hydrogen) atoms. The summed E-state index contributed by atoms with van der Waals surface area (Å²) >= 11 is 1.31. The number of ether oxygens (including phenoxy) is 1. The van der Waals surface area contributed by atoms with Crippen LogP contribution in [-0.2, 0) is 4.74 Å². The molecule has 0 atom stereocenters. The van der Waals surface area contributed by atoms with E-state index in [9.17, 15) is 9.59 Å². The summed E-state index contributed by atoms with van der Waals surface area (Å²) in [6.45, 7) is 1.93. The normalized spacial score (nSPS) is 10.3. The van der Waals surface area contributed by atoms with E-state index in [0.29, 0.717) is 16.1 Å². The molecular formula is C20H17NO3S. The highest BCUT2D eigenvalue weighted by Gasteiger charge is 2.22. The van der Waals surface area contributed by atoms with Gasteiger partial charge in [-0.1, -0.05) is 48.0 Å². The topological polar surface area (TPSA) is 55.4 Å². The Morgan fingerprint density at radius 1 is 1.04 bits per heavy atom. The molecule has 1 N–H and O–H groups in total. The lowest BCUT2D eigenvalue weighted by molar-refractivity contribution is 0.0603. The summed E-state index contributed by atoms with van der Waals surface area (Å²) in [5.74, 6) is -0.727. The van der Waals surface area contributed by atoms with Crippen LogP contribution in [0.2, 0.25) is 0 Å². The highest BCUT2D eigenvalue weighted by Crippen LogP contribution is 2.36. The molecule has 2 aromatic carbocycles. The van der Waals surface area contributed by atoms with Crippen molar-refractivity contribution < 1.29 is 14.3 Å². The molecule has 0 aliphatic heterocycles. The van der Waals surface area contributed by atoms with Gasteiger partial charge in [-0.3, -0.25) is 4.79 Å². The standard InChI is InChI=1S/C20H17NO3S/c1-13-7-6-10-15(11-13)18(22)21-19-17(20(23)24-2)16(12-25-19)14-8-4-3-5-9-14/h3-12H,1-2H3,(H,21,22). The Kier molecular flexibility index (Phi) is 4.95. The lowest BCUT2D eigenvalue weighted by Crippen LogP contribution is -2.14. The third-order valence-electron chi connectivity index (χ3n) is 3.77. The number of benzene rings is 2. The van der Waals surface area contributed by atoms with E-state index < -0.39 is 5.97 Å². The van der Waals surface area contributed by atoms with E-state index in [-0.39, 0.29) is 5.91 Å². The average molecular weight is 351 g/mol. The van der Waals surface area contributed by atoms with Gasteiger partial charge in [0.15, 0.2) is 0 Å². The lowest BCUT2D eigenvalue weighted by Gasteiger charge is -2.08. The van der Waals surface area contributed by atoms with Gasteiger partial charge in [0.1, 0.15) is 10.6 Å². The number of nitrogens with one attached hydrogen (secondary N) is 1. The van der Waals surface area contributed by atoms with Crippen LogP contribution in [0.5, 0.6) is 0 Å². The Balaban J connectivity index is 1.98. The van der Waals surface area contributed by atoms with E-state index in [1.807, 2.05) is 54.8 Å². The zero-order valence-electron chi connectivity index (χ0n) is 13.9. The molecule has 0 aliphatic rings. The molecule has 0 aliphatic carbocycles. The molecule has 4 nitrogen and oxygen atoms in total. The molecule has 0 fully saturated rings. The second-order valence-electron chi connectivity index (χ2n) is 5.53. The van der Waals surface area contributed by atoms with E-state index in [0.717, 1.165) is 16.7 Å². The van der Waals surface area contributed by atoms with Gasteiger partial charge in [0.05, 0.1) is 7.11 Å². The number of esters is 1. The summed E-state index contributed by atoms with van der Waals surface area (Å²) in [6.07, 6.45) is 0. The number of carbonyl (C=O) groups excluding carboxylic acids is 2. The first-order valence-electron chi connectivity index (χ1n) is 7.73. The summed E-state index contributed by atoms with van der Waals surface area (Å²) in [5, 5.41) is 5.18. The van der Waals surface area contributed by atoms with Crippen LogP contribution in [-0.4, -0.2) is 19.0 Å². The van der Waals surface area contributed by atoms with Gasteiger partial charge >= 0.3 is 5.97 Å². The maximum atomic E-state index is 12.5. The Bertz CT molecular complexity index is 916. The van der Waals surface area contributed by atoms with Crippen LogP contribution in [0.15, 0.2) is 60.0 Å². The molecule has 0 spiro atoms. The molecule has 0 bridgehead atoms. The molecular weight excluding hydrogens is 334 g/mol. The van der Waals surface area contributed by atoms with Crippen molar-refractivity contribution in [3.63, 3.8) is 0 Å². The molecule has 5 heteroatoms. The summed E-state index contributed by atoms with van der Waals surface area (Å²) in [5.41, 5.74) is 3.56. The predicted octanol–water partition coefficient (Wildman–Crippen LogP) is 4.76. The number of carbonyl (C=O) groups is 2. The first-order valence-corrected chi connectivity index (χ1v) is 8.61. The first-order chi connectivity index (χ1) is 12.1. The smallest absolute Gasteiger partial charge is 0.341 e. The molecule has 0 saturated carbocycles. The molecule has 1 amide bonds. The number of methoxy groups -OCH3 is 1. The molecule has 1 aromatic heterocycles. The number of thiophene rings is 1. The maximum Gasteiger partial charge on any atom is 0.341 e. The number of hydrogen-bond acceptors (Lipinski definition) is 4. The van der Waals surface area contributed by atoms with Crippen molar-refractivity contribution in [3.8, 4) is 11.1 Å². The van der Waals surface area contributed by atoms with Crippen molar-refractivity contribution >= 4 is 28.2 Å². The molecule has 3 rings (SSSR count). The third kappa shape index (κ3) is 3.61. The Hall–Kier alpha value is -2.92. The fourth-order valence-electron chi connectivity index (χ4n) is 2.55. The van der Waals surface area contributed by atoms with Crippen LogP contribution < -0.4 is 5.32 Å². The van der Waals surface area contributed by atoms with Gasteiger partial charge in [-0.25, -0.2) is 4.79 Å². The van der Waals surface area contributed by atoms with E-state index >= 15 is 0 Å². The highest BCUT2D eigenvalue weighted by molar-refractivity contribution is 7.15. The predicted molar refractivity (Wildman–Crippen MR) is 100 cm³/mol. The first kappa shape index (κ1) is 16.9. The van der Waals surface area contributed by atoms with Gasteiger partial charge in [0.2, 0.25) is 0 Å². The van der Waals surface area contributed by atoms with Crippen LogP contribution in [0.3, 0.4) is 0 Å². The van der Waals surface area contributed by atoms with Crippen LogP contribution in [0.1, 0.15) is 26.3 Å². The van der Waals surface area contributed by atoms with Crippen LogP contribution in [0.25, 0.3) is 11.1 Å². The minimum absolute atomic E-state index is 0.254. The molecule has 3 aromatic rings. The van der Waals surface area contributed by atoms with E-state index in [2.05, 4.69) is 5.32 Å². The van der Waals surface area contributed by atoms with E-state index in [1.165, 1.54) is 18.4 Å². The number of rotatable bonds is 4. The monoisotopic (exact) mass is 351 g/mol. The minimum Gasteiger partial charge on any atom is -0.465 e. The van der Waals surface area contributed by atoms with Gasteiger partial charge in [0, 0.05) is 16.5 Å². The molecule has 0 saturated heterocycles. The van der Waals surface area contributed by atoms with E-state index in [1.54, 1.807) is 12.1 Å². The van der Waals surface area contributed by atoms with E-state index in [4.69, 9.17) is 4.74 Å². The van der Waals surface area contributed by atoms with Crippen molar-refractivity contribution in [3.05, 3.63) is 76.7 Å². The third-order valence-corrected chi connectivity index (χ3v) is 4.67. The lowest BCUT2D eigenvalue weighted by atomic mass is 10.0. The van der Waals surface area contributed by atoms with Crippen molar-refractivity contribution in [2.45, 2.75) is 6.92 Å². The van der Waals surface area contributed by atoms with Crippen LogP contribution in [0, 0.1) is 6.92 Å². The maximum absolute atomic E-state index is 12.5. The fraction of sp³-hybridized carbons (Fsp3) is 0.100. The summed E-state index contributed by atoms with van der Waals surface area (Å²) < 4.78 is 4.92. The summed E-state index contributed by atoms with van der Waals surface area (Å²) in [4.78, 5) is 24.8. The minimum atomic E-state index is -0.473.